The second-order valence-electron chi connectivity index (χ2n) is 3.72. The lowest BCUT2D eigenvalue weighted by Gasteiger charge is -2.19. The molecule has 96 valence electrons. The van der Waals surface area contributed by atoms with Crippen LogP contribution in [0.4, 0.5) is 11.8 Å². The molecule has 6 nitrogen and oxygen atoms in total. The molecule has 0 aliphatic carbocycles. The van der Waals surface area contributed by atoms with Gasteiger partial charge in [0.05, 0.1) is 6.20 Å². The highest BCUT2D eigenvalue weighted by Gasteiger charge is 2.09. The molecule has 0 unspecified atom stereocenters. The Kier molecular flexibility index (Phi) is 5.96. The molecule has 0 atom stereocenters. The van der Waals surface area contributed by atoms with Crippen molar-refractivity contribution < 1.29 is 5.11 Å². The number of hydrogen-bond acceptors (Lipinski definition) is 6. The number of hydrazine groups is 1. The Morgan fingerprint density at radius 2 is 2.24 bits per heavy atom. The smallest absolute Gasteiger partial charge is 0.239 e. The number of rotatable bonds is 7. The third-order valence-corrected chi connectivity index (χ3v) is 2.63. The van der Waals surface area contributed by atoms with Crippen LogP contribution in [0.3, 0.4) is 0 Å². The number of nitrogen functional groups attached to an aromatic ring is 1. The topological polar surface area (TPSA) is 87.3 Å². The van der Waals surface area contributed by atoms with E-state index in [1.807, 2.05) is 11.9 Å². The van der Waals surface area contributed by atoms with E-state index in [9.17, 15) is 0 Å². The van der Waals surface area contributed by atoms with E-state index in [0.29, 0.717) is 16.8 Å². The minimum atomic E-state index is 0.235. The fourth-order valence-electron chi connectivity index (χ4n) is 1.44. The Hall–Kier alpha value is -1.11. The van der Waals surface area contributed by atoms with Gasteiger partial charge in [-0.2, -0.15) is 4.98 Å². The summed E-state index contributed by atoms with van der Waals surface area (Å²) in [5.74, 6) is 6.24. The summed E-state index contributed by atoms with van der Waals surface area (Å²) in [7, 11) is 1.91. The summed E-state index contributed by atoms with van der Waals surface area (Å²) in [6.07, 6.45) is 4.29. The maximum absolute atomic E-state index is 8.68. The van der Waals surface area contributed by atoms with Gasteiger partial charge in [0.1, 0.15) is 5.02 Å². The second kappa shape index (κ2) is 7.26. The quantitative estimate of drug-likeness (QED) is 0.385. The molecule has 0 spiro atoms. The van der Waals surface area contributed by atoms with E-state index in [-0.39, 0.29) is 6.61 Å². The zero-order valence-electron chi connectivity index (χ0n) is 9.86. The Balaban J connectivity index is 2.57. The number of aliphatic hydroxyl groups is 1. The molecule has 7 heteroatoms. The summed E-state index contributed by atoms with van der Waals surface area (Å²) in [5.41, 5.74) is 2.39. The zero-order chi connectivity index (χ0) is 12.7. The first-order valence-corrected chi connectivity index (χ1v) is 5.88. The van der Waals surface area contributed by atoms with Gasteiger partial charge in [-0.25, -0.2) is 10.8 Å². The maximum Gasteiger partial charge on any atom is 0.239 e. The SMILES string of the molecule is CN(CCCCCO)c1nc(NN)ncc1Cl. The van der Waals surface area contributed by atoms with Gasteiger partial charge in [0.2, 0.25) is 5.95 Å². The third-order valence-electron chi connectivity index (χ3n) is 2.37. The third kappa shape index (κ3) is 4.33. The predicted octanol–water partition coefficient (Wildman–Crippen LogP) is 1.01. The van der Waals surface area contributed by atoms with Gasteiger partial charge in [0.15, 0.2) is 5.82 Å². The van der Waals surface area contributed by atoms with Crippen LogP contribution in [0.2, 0.25) is 5.02 Å². The number of aromatic nitrogens is 2. The van der Waals surface area contributed by atoms with Gasteiger partial charge in [-0.05, 0) is 19.3 Å². The van der Waals surface area contributed by atoms with Gasteiger partial charge in [-0.1, -0.05) is 11.6 Å². The van der Waals surface area contributed by atoms with Crippen molar-refractivity contribution >= 4 is 23.4 Å². The molecule has 4 N–H and O–H groups in total. The van der Waals surface area contributed by atoms with E-state index in [4.69, 9.17) is 22.6 Å². The van der Waals surface area contributed by atoms with Gasteiger partial charge in [-0.15, -0.1) is 0 Å². The number of nitrogens with zero attached hydrogens (tertiary/aromatic N) is 3. The Bertz CT molecular complexity index is 349. The molecule has 1 aromatic heterocycles. The van der Waals surface area contributed by atoms with Crippen molar-refractivity contribution in [1.29, 1.82) is 0 Å². The van der Waals surface area contributed by atoms with Crippen molar-refractivity contribution in [2.24, 2.45) is 5.84 Å². The van der Waals surface area contributed by atoms with Crippen LogP contribution < -0.4 is 16.2 Å². The van der Waals surface area contributed by atoms with Crippen molar-refractivity contribution in [1.82, 2.24) is 9.97 Å². The fraction of sp³-hybridized carbons (Fsp3) is 0.600. The van der Waals surface area contributed by atoms with Crippen molar-refractivity contribution in [3.8, 4) is 0 Å². The molecule has 1 rings (SSSR count). The first-order valence-electron chi connectivity index (χ1n) is 5.50. The van der Waals surface area contributed by atoms with Crippen molar-refractivity contribution in [2.75, 3.05) is 30.5 Å². The minimum absolute atomic E-state index is 0.235. The molecule has 0 bridgehead atoms. The van der Waals surface area contributed by atoms with Gasteiger partial charge in [-0.3, -0.25) is 5.43 Å². The van der Waals surface area contributed by atoms with E-state index in [1.165, 1.54) is 6.20 Å². The number of aliphatic hydroxyl groups excluding tert-OH is 1. The molecule has 0 aromatic carbocycles. The zero-order valence-corrected chi connectivity index (χ0v) is 10.6. The van der Waals surface area contributed by atoms with Gasteiger partial charge >= 0.3 is 0 Å². The monoisotopic (exact) mass is 259 g/mol. The molecule has 1 heterocycles. The minimum Gasteiger partial charge on any atom is -0.396 e. The van der Waals surface area contributed by atoms with E-state index in [2.05, 4.69) is 15.4 Å². The van der Waals surface area contributed by atoms with Gasteiger partial charge in [0, 0.05) is 20.2 Å². The standard InChI is InChI=1S/C10H18ClN5O/c1-16(5-3-2-4-6-17)9-8(11)7-13-10(14-9)15-12/h7,17H,2-6,12H2,1H3,(H,13,14,15). The number of halogens is 1. The van der Waals surface area contributed by atoms with Crippen LogP contribution in [0, 0.1) is 0 Å². The number of anilines is 2. The highest BCUT2D eigenvalue weighted by molar-refractivity contribution is 6.32. The van der Waals surface area contributed by atoms with Crippen molar-refractivity contribution in [3.05, 3.63) is 11.2 Å². The Morgan fingerprint density at radius 1 is 1.47 bits per heavy atom. The molecule has 0 aliphatic heterocycles. The summed E-state index contributed by atoms with van der Waals surface area (Å²) in [4.78, 5) is 10.0. The van der Waals surface area contributed by atoms with Crippen LogP contribution in [0.1, 0.15) is 19.3 Å². The van der Waals surface area contributed by atoms with Crippen LogP contribution in [0.25, 0.3) is 0 Å². The molecular weight excluding hydrogens is 242 g/mol. The fourth-order valence-corrected chi connectivity index (χ4v) is 1.67. The first kappa shape index (κ1) is 14.0. The number of nitrogens with two attached hydrogens (primary N) is 1. The average molecular weight is 260 g/mol. The lowest BCUT2D eigenvalue weighted by Crippen LogP contribution is -2.21. The van der Waals surface area contributed by atoms with E-state index >= 15 is 0 Å². The van der Waals surface area contributed by atoms with E-state index in [0.717, 1.165) is 25.8 Å². The van der Waals surface area contributed by atoms with Crippen LogP contribution in [0.15, 0.2) is 6.20 Å². The van der Waals surface area contributed by atoms with Crippen LogP contribution in [-0.4, -0.2) is 35.3 Å². The first-order chi connectivity index (χ1) is 8.19. The summed E-state index contributed by atoms with van der Waals surface area (Å²) in [5, 5.41) is 9.18. The van der Waals surface area contributed by atoms with E-state index in [1.54, 1.807) is 0 Å². The molecule has 0 fully saturated rings. The second-order valence-corrected chi connectivity index (χ2v) is 4.12. The molecule has 0 aliphatic rings. The molecule has 1 aromatic rings. The van der Waals surface area contributed by atoms with Crippen LogP contribution >= 0.6 is 11.6 Å². The molecular formula is C10H18ClN5O. The normalized spacial score (nSPS) is 10.4. The van der Waals surface area contributed by atoms with Gasteiger partial charge < -0.3 is 10.0 Å². The van der Waals surface area contributed by atoms with Crippen molar-refractivity contribution in [2.45, 2.75) is 19.3 Å². The lowest BCUT2D eigenvalue weighted by molar-refractivity contribution is 0.283. The number of hydrogen-bond donors (Lipinski definition) is 3. The molecule has 0 saturated heterocycles. The largest absolute Gasteiger partial charge is 0.396 e. The molecule has 17 heavy (non-hydrogen) atoms. The Labute approximate surface area is 106 Å². The molecule has 0 amide bonds. The number of nitrogens with one attached hydrogen (secondary N) is 1. The average Bonchev–Trinajstić information content (AvgIpc) is 2.35. The molecule has 0 radical (unpaired) electrons. The van der Waals surface area contributed by atoms with Crippen LogP contribution in [-0.2, 0) is 0 Å². The lowest BCUT2D eigenvalue weighted by atomic mass is 10.2. The summed E-state index contributed by atoms with van der Waals surface area (Å²) < 4.78 is 0. The number of unbranched alkanes of at least 4 members (excludes halogenated alkanes) is 2. The summed E-state index contributed by atoms with van der Waals surface area (Å²) >= 11 is 6.01. The summed E-state index contributed by atoms with van der Waals surface area (Å²) in [6.45, 7) is 1.06. The maximum atomic E-state index is 8.68. The Morgan fingerprint density at radius 3 is 2.88 bits per heavy atom. The highest BCUT2D eigenvalue weighted by atomic mass is 35.5. The molecule has 0 saturated carbocycles. The highest BCUT2D eigenvalue weighted by Crippen LogP contribution is 2.22. The van der Waals surface area contributed by atoms with Crippen LogP contribution in [0.5, 0.6) is 0 Å². The van der Waals surface area contributed by atoms with Gasteiger partial charge in [0.25, 0.3) is 0 Å². The predicted molar refractivity (Wildman–Crippen MR) is 69.1 cm³/mol. The summed E-state index contributed by atoms with van der Waals surface area (Å²) in [6, 6.07) is 0. The van der Waals surface area contributed by atoms with Crippen molar-refractivity contribution in [3.63, 3.8) is 0 Å². The van der Waals surface area contributed by atoms with E-state index < -0.39 is 0 Å².